The van der Waals surface area contributed by atoms with Crippen molar-refractivity contribution in [2.75, 3.05) is 0 Å². The molecule has 2 aromatic heterocycles. The van der Waals surface area contributed by atoms with Gasteiger partial charge in [-0.3, -0.25) is 5.10 Å². The number of carboxylic acid groups (broad SMARTS) is 1. The molecule has 0 saturated carbocycles. The molecule has 3 aromatic rings. The topological polar surface area (TPSA) is 81.8 Å². The third-order valence-electron chi connectivity index (χ3n) is 2.76. The number of fused-ring (bicyclic) bond motifs is 1. The second kappa shape index (κ2) is 3.48. The summed E-state index contributed by atoms with van der Waals surface area (Å²) in [4.78, 5) is 14.1. The number of aromatic carboxylic acids is 1. The molecule has 3 rings (SSSR count). The molecule has 0 atom stereocenters. The molecule has 84 valence electrons. The standard InChI is InChI=1S/C12H9N3O2/c16-12(17)9-3-1-2-8-10(6-13-11(8)9)7-4-14-15-5-7/h1-6,13H,(H,14,15)(H,16,17). The lowest BCUT2D eigenvalue weighted by molar-refractivity contribution is 0.0699. The van der Waals surface area contributed by atoms with Gasteiger partial charge in [0, 0.05) is 28.9 Å². The number of rotatable bonds is 2. The fourth-order valence-electron chi connectivity index (χ4n) is 1.97. The normalized spacial score (nSPS) is 10.8. The molecule has 0 radical (unpaired) electrons. The van der Waals surface area contributed by atoms with Gasteiger partial charge >= 0.3 is 5.97 Å². The SMILES string of the molecule is O=C(O)c1cccc2c(-c3cn[nH]c3)c[nH]c12. The lowest BCUT2D eigenvalue weighted by Crippen LogP contribution is -1.96. The minimum Gasteiger partial charge on any atom is -0.478 e. The second-order valence-electron chi connectivity index (χ2n) is 3.72. The first kappa shape index (κ1) is 9.65. The van der Waals surface area contributed by atoms with Crippen molar-refractivity contribution in [3.05, 3.63) is 42.4 Å². The first-order valence-electron chi connectivity index (χ1n) is 5.10. The van der Waals surface area contributed by atoms with Gasteiger partial charge in [-0.25, -0.2) is 4.79 Å². The summed E-state index contributed by atoms with van der Waals surface area (Å²) in [7, 11) is 0. The van der Waals surface area contributed by atoms with Gasteiger partial charge in [-0.1, -0.05) is 12.1 Å². The molecule has 0 aliphatic heterocycles. The van der Waals surface area contributed by atoms with Crippen LogP contribution in [-0.4, -0.2) is 26.3 Å². The molecule has 0 spiro atoms. The Morgan fingerprint density at radius 1 is 1.29 bits per heavy atom. The minimum absolute atomic E-state index is 0.275. The van der Waals surface area contributed by atoms with Crippen molar-refractivity contribution in [2.24, 2.45) is 0 Å². The highest BCUT2D eigenvalue weighted by atomic mass is 16.4. The summed E-state index contributed by atoms with van der Waals surface area (Å²) >= 11 is 0. The minimum atomic E-state index is -0.934. The van der Waals surface area contributed by atoms with Gasteiger partial charge < -0.3 is 10.1 Å². The van der Waals surface area contributed by atoms with Crippen molar-refractivity contribution >= 4 is 16.9 Å². The van der Waals surface area contributed by atoms with Crippen molar-refractivity contribution in [1.29, 1.82) is 0 Å². The Kier molecular flexibility index (Phi) is 1.98. The molecule has 0 amide bonds. The number of hydrogen-bond donors (Lipinski definition) is 3. The van der Waals surface area contributed by atoms with E-state index < -0.39 is 5.97 Å². The quantitative estimate of drug-likeness (QED) is 0.628. The van der Waals surface area contributed by atoms with Crippen molar-refractivity contribution < 1.29 is 9.90 Å². The number of carbonyl (C=O) groups is 1. The van der Waals surface area contributed by atoms with E-state index in [1.165, 1.54) is 0 Å². The summed E-state index contributed by atoms with van der Waals surface area (Å²) in [5.41, 5.74) is 2.78. The van der Waals surface area contributed by atoms with Crippen LogP contribution in [0.25, 0.3) is 22.0 Å². The van der Waals surface area contributed by atoms with Gasteiger partial charge in [0.1, 0.15) is 0 Å². The number of nitrogens with one attached hydrogen (secondary N) is 2. The Labute approximate surface area is 96.1 Å². The van der Waals surface area contributed by atoms with Gasteiger partial charge in [-0.15, -0.1) is 0 Å². The number of benzene rings is 1. The third-order valence-corrected chi connectivity index (χ3v) is 2.76. The van der Waals surface area contributed by atoms with Crippen LogP contribution in [0.15, 0.2) is 36.8 Å². The monoisotopic (exact) mass is 227 g/mol. The highest BCUT2D eigenvalue weighted by Crippen LogP contribution is 2.29. The highest BCUT2D eigenvalue weighted by molar-refractivity contribution is 6.06. The number of aromatic nitrogens is 3. The van der Waals surface area contributed by atoms with Crippen LogP contribution in [0.4, 0.5) is 0 Å². The summed E-state index contributed by atoms with van der Waals surface area (Å²) in [6.45, 7) is 0. The van der Waals surface area contributed by atoms with E-state index in [1.807, 2.05) is 6.07 Å². The zero-order valence-electron chi connectivity index (χ0n) is 8.77. The van der Waals surface area contributed by atoms with Gasteiger partial charge in [-0.2, -0.15) is 5.10 Å². The first-order valence-corrected chi connectivity index (χ1v) is 5.10. The van der Waals surface area contributed by atoms with Crippen LogP contribution >= 0.6 is 0 Å². The summed E-state index contributed by atoms with van der Waals surface area (Å²) < 4.78 is 0. The van der Waals surface area contributed by atoms with E-state index in [2.05, 4.69) is 15.2 Å². The molecule has 0 bridgehead atoms. The number of aromatic amines is 2. The molecule has 0 aliphatic rings. The van der Waals surface area contributed by atoms with E-state index in [1.54, 1.807) is 30.7 Å². The molecular formula is C12H9N3O2. The van der Waals surface area contributed by atoms with Gasteiger partial charge in [0.15, 0.2) is 0 Å². The van der Waals surface area contributed by atoms with E-state index in [-0.39, 0.29) is 5.56 Å². The molecule has 0 unspecified atom stereocenters. The van der Waals surface area contributed by atoms with Crippen molar-refractivity contribution in [3.8, 4) is 11.1 Å². The highest BCUT2D eigenvalue weighted by Gasteiger charge is 2.13. The van der Waals surface area contributed by atoms with Gasteiger partial charge in [0.2, 0.25) is 0 Å². The third kappa shape index (κ3) is 1.40. The number of para-hydroxylation sites is 1. The Hall–Kier alpha value is -2.56. The maximum absolute atomic E-state index is 11.1. The zero-order chi connectivity index (χ0) is 11.8. The smallest absolute Gasteiger partial charge is 0.337 e. The zero-order valence-corrected chi connectivity index (χ0v) is 8.77. The van der Waals surface area contributed by atoms with Crippen LogP contribution in [0.5, 0.6) is 0 Å². The summed E-state index contributed by atoms with van der Waals surface area (Å²) in [5, 5.41) is 16.6. The molecule has 0 aliphatic carbocycles. The molecule has 3 N–H and O–H groups in total. The molecule has 0 saturated heterocycles. The largest absolute Gasteiger partial charge is 0.478 e. The molecular weight excluding hydrogens is 218 g/mol. The Morgan fingerprint density at radius 2 is 2.18 bits per heavy atom. The van der Waals surface area contributed by atoms with Crippen LogP contribution < -0.4 is 0 Å². The van der Waals surface area contributed by atoms with Crippen LogP contribution in [0.1, 0.15) is 10.4 Å². The van der Waals surface area contributed by atoms with E-state index in [4.69, 9.17) is 5.11 Å². The van der Waals surface area contributed by atoms with Gasteiger partial charge in [0.25, 0.3) is 0 Å². The van der Waals surface area contributed by atoms with Crippen LogP contribution in [0, 0.1) is 0 Å². The molecule has 2 heterocycles. The number of carboxylic acids is 1. The molecule has 17 heavy (non-hydrogen) atoms. The summed E-state index contributed by atoms with van der Waals surface area (Å²) in [6.07, 6.45) is 5.27. The molecule has 1 aromatic carbocycles. The first-order chi connectivity index (χ1) is 8.27. The van der Waals surface area contributed by atoms with Gasteiger partial charge in [0.05, 0.1) is 17.3 Å². The second-order valence-corrected chi connectivity index (χ2v) is 3.72. The van der Waals surface area contributed by atoms with E-state index >= 15 is 0 Å². The number of H-pyrrole nitrogens is 2. The van der Waals surface area contributed by atoms with Crippen LogP contribution in [-0.2, 0) is 0 Å². The lowest BCUT2D eigenvalue weighted by Gasteiger charge is -1.98. The van der Waals surface area contributed by atoms with Crippen molar-refractivity contribution in [1.82, 2.24) is 15.2 Å². The number of hydrogen-bond acceptors (Lipinski definition) is 2. The molecule has 5 heteroatoms. The maximum Gasteiger partial charge on any atom is 0.337 e. The lowest BCUT2D eigenvalue weighted by atomic mass is 10.1. The predicted octanol–water partition coefficient (Wildman–Crippen LogP) is 2.26. The Morgan fingerprint density at radius 3 is 2.88 bits per heavy atom. The van der Waals surface area contributed by atoms with Crippen LogP contribution in [0.2, 0.25) is 0 Å². The van der Waals surface area contributed by atoms with Crippen LogP contribution in [0.3, 0.4) is 0 Å². The van der Waals surface area contributed by atoms with E-state index in [0.717, 1.165) is 16.5 Å². The Balaban J connectivity index is 2.31. The predicted molar refractivity (Wildman–Crippen MR) is 62.8 cm³/mol. The molecule has 0 fully saturated rings. The fraction of sp³-hybridized carbons (Fsp3) is 0. The van der Waals surface area contributed by atoms with E-state index in [0.29, 0.717) is 5.52 Å². The van der Waals surface area contributed by atoms with Crippen molar-refractivity contribution in [2.45, 2.75) is 0 Å². The summed E-state index contributed by atoms with van der Waals surface area (Å²) in [5.74, 6) is -0.934. The average molecular weight is 227 g/mol. The maximum atomic E-state index is 11.1. The van der Waals surface area contributed by atoms with E-state index in [9.17, 15) is 4.79 Å². The Bertz CT molecular complexity index is 683. The molecule has 5 nitrogen and oxygen atoms in total. The number of nitrogens with zero attached hydrogens (tertiary/aromatic N) is 1. The average Bonchev–Trinajstić information content (AvgIpc) is 2.96. The van der Waals surface area contributed by atoms with Gasteiger partial charge in [-0.05, 0) is 6.07 Å². The fourth-order valence-corrected chi connectivity index (χ4v) is 1.97. The van der Waals surface area contributed by atoms with Crippen molar-refractivity contribution in [3.63, 3.8) is 0 Å². The summed E-state index contributed by atoms with van der Waals surface area (Å²) in [6, 6.07) is 5.21.